The topological polar surface area (TPSA) is 137 Å². The molecule has 1 fully saturated rings. The number of hydrogen-bond acceptors (Lipinski definition) is 11. The monoisotopic (exact) mass is 832 g/mol. The molecule has 0 aliphatic carbocycles. The van der Waals surface area contributed by atoms with Crippen LogP contribution < -0.4 is 15.0 Å². The Labute approximate surface area is 356 Å². The van der Waals surface area contributed by atoms with E-state index in [9.17, 15) is 19.5 Å². The first kappa shape index (κ1) is 42.7. The van der Waals surface area contributed by atoms with Crippen LogP contribution in [0.25, 0.3) is 21.3 Å². The van der Waals surface area contributed by atoms with E-state index in [1.165, 1.54) is 11.3 Å². The number of thiazole rings is 1. The zero-order valence-corrected chi connectivity index (χ0v) is 36.5. The molecule has 0 bridgehead atoms. The molecule has 5 aromatic rings. The van der Waals surface area contributed by atoms with Gasteiger partial charge in [0.05, 0.1) is 30.0 Å². The van der Waals surface area contributed by atoms with Gasteiger partial charge >= 0.3 is 11.9 Å². The first-order chi connectivity index (χ1) is 28.7. The summed E-state index contributed by atoms with van der Waals surface area (Å²) in [5, 5.41) is 14.3. The second-order valence-corrected chi connectivity index (χ2v) is 18.0. The van der Waals surface area contributed by atoms with Gasteiger partial charge < -0.3 is 19.5 Å². The number of esters is 1. The first-order valence-electron chi connectivity index (χ1n) is 20.9. The molecule has 2 aliphatic rings. The Bertz CT molecular complexity index is 2350. The maximum absolute atomic E-state index is 13.8. The quantitative estimate of drug-likeness (QED) is 0.0878. The summed E-state index contributed by atoms with van der Waals surface area (Å²) in [5.74, 6) is -0.257. The number of rotatable bonds is 13. The number of para-hydroxylation sites is 1. The van der Waals surface area contributed by atoms with Crippen molar-refractivity contribution in [2.24, 2.45) is 0 Å². The number of carboxylic acids is 1. The number of nitrogens with one attached hydrogen (secondary N) is 1. The van der Waals surface area contributed by atoms with E-state index in [-0.39, 0.29) is 29.7 Å². The molecule has 1 amide bonds. The van der Waals surface area contributed by atoms with E-state index in [1.807, 2.05) is 74.5 Å². The lowest BCUT2D eigenvalue weighted by atomic mass is 9.80. The van der Waals surface area contributed by atoms with Gasteiger partial charge in [-0.25, -0.2) is 14.8 Å². The summed E-state index contributed by atoms with van der Waals surface area (Å²) in [5.41, 5.74) is 5.98. The van der Waals surface area contributed by atoms with E-state index in [2.05, 4.69) is 65.7 Å². The number of carbonyl (C=O) groups is 3. The summed E-state index contributed by atoms with van der Waals surface area (Å²) in [6, 6.07) is 22.0. The number of benzene rings is 3. The van der Waals surface area contributed by atoms with Gasteiger partial charge in [0.1, 0.15) is 11.6 Å². The summed E-state index contributed by atoms with van der Waals surface area (Å²) >= 11 is 1.44. The highest BCUT2D eigenvalue weighted by molar-refractivity contribution is 7.22. The van der Waals surface area contributed by atoms with Gasteiger partial charge in [0.15, 0.2) is 10.8 Å². The summed E-state index contributed by atoms with van der Waals surface area (Å²) in [4.78, 5) is 55.2. The highest BCUT2D eigenvalue weighted by Crippen LogP contribution is 2.41. The van der Waals surface area contributed by atoms with Crippen LogP contribution in [0.2, 0.25) is 0 Å². The fourth-order valence-electron chi connectivity index (χ4n) is 8.69. The van der Waals surface area contributed by atoms with Crippen molar-refractivity contribution < 1.29 is 29.0 Å². The van der Waals surface area contributed by atoms with Gasteiger partial charge in [-0.05, 0) is 104 Å². The van der Waals surface area contributed by atoms with Crippen LogP contribution in [0.1, 0.15) is 91.1 Å². The number of carbonyl (C=O) groups excluding carboxylic acids is 2. The zero-order chi connectivity index (χ0) is 42.7. The average molecular weight is 833 g/mol. The third-order valence-electron chi connectivity index (χ3n) is 11.6. The Morgan fingerprint density at radius 1 is 0.983 bits per heavy atom. The fourth-order valence-corrected chi connectivity index (χ4v) is 9.55. The molecule has 13 heteroatoms. The van der Waals surface area contributed by atoms with Crippen LogP contribution in [0.15, 0.2) is 66.7 Å². The Morgan fingerprint density at radius 3 is 2.45 bits per heavy atom. The molecule has 2 atom stereocenters. The molecule has 3 aromatic carbocycles. The molecule has 2 N–H and O–H groups in total. The van der Waals surface area contributed by atoms with Crippen molar-refractivity contribution in [3.63, 3.8) is 0 Å². The number of ether oxygens (including phenoxy) is 2. The molecule has 7 rings (SSSR count). The van der Waals surface area contributed by atoms with E-state index in [4.69, 9.17) is 14.5 Å². The molecule has 12 nitrogen and oxygen atoms in total. The summed E-state index contributed by atoms with van der Waals surface area (Å²) in [6.45, 7) is 19.1. The van der Waals surface area contributed by atoms with E-state index < -0.39 is 11.4 Å². The predicted octanol–water partition coefficient (Wildman–Crippen LogP) is 8.20. The smallest absolute Gasteiger partial charge is 0.355 e. The Hall–Kier alpha value is -5.37. The van der Waals surface area contributed by atoms with Crippen LogP contribution in [0.5, 0.6) is 5.75 Å². The second kappa shape index (κ2) is 18.1. The average Bonchev–Trinajstić information content (AvgIpc) is 3.62. The molecule has 1 saturated heterocycles. The van der Waals surface area contributed by atoms with Crippen molar-refractivity contribution in [1.29, 1.82) is 0 Å². The number of piperazine rings is 1. The molecule has 316 valence electrons. The van der Waals surface area contributed by atoms with Gasteiger partial charge in [-0.3, -0.25) is 24.7 Å². The lowest BCUT2D eigenvalue weighted by molar-refractivity contribution is -0.145. The van der Waals surface area contributed by atoms with Gasteiger partial charge in [0.2, 0.25) is 0 Å². The number of carboxylic acid groups (broad SMARTS) is 1. The van der Waals surface area contributed by atoms with Gasteiger partial charge in [0.25, 0.3) is 5.91 Å². The molecular formula is C47H56N6O6S. The Kier molecular flexibility index (Phi) is 12.9. The van der Waals surface area contributed by atoms with E-state index in [1.54, 1.807) is 0 Å². The Balaban J connectivity index is 1.09. The van der Waals surface area contributed by atoms with Crippen LogP contribution in [0, 0.1) is 6.92 Å². The molecule has 0 unspecified atom stereocenters. The summed E-state index contributed by atoms with van der Waals surface area (Å²) in [6.07, 6.45) is 1.49. The van der Waals surface area contributed by atoms with Crippen LogP contribution >= 0.6 is 11.3 Å². The van der Waals surface area contributed by atoms with Gasteiger partial charge in [-0.1, -0.05) is 68.5 Å². The minimum Gasteiger partial charge on any atom is -0.493 e. The van der Waals surface area contributed by atoms with Crippen molar-refractivity contribution in [3.05, 3.63) is 100 Å². The molecule has 0 radical (unpaired) electrons. The number of pyridine rings is 1. The molecule has 0 spiro atoms. The van der Waals surface area contributed by atoms with E-state index in [0.717, 1.165) is 64.1 Å². The summed E-state index contributed by atoms with van der Waals surface area (Å²) in [7, 11) is 0. The van der Waals surface area contributed by atoms with Crippen molar-refractivity contribution in [3.8, 4) is 16.9 Å². The minimum atomic E-state index is -1.11. The number of aromatic nitrogens is 2. The van der Waals surface area contributed by atoms with Crippen LogP contribution in [-0.4, -0.2) is 101 Å². The van der Waals surface area contributed by atoms with Gasteiger partial charge in [-0.2, -0.15) is 0 Å². The summed E-state index contributed by atoms with van der Waals surface area (Å²) < 4.78 is 12.6. The predicted molar refractivity (Wildman–Crippen MR) is 238 cm³/mol. The molecule has 2 aromatic heterocycles. The van der Waals surface area contributed by atoms with Crippen molar-refractivity contribution in [1.82, 2.24) is 19.8 Å². The number of hydrogen-bond donors (Lipinski definition) is 2. The standard InChI is InChI=1S/C47H56N6O6S/c1-8-58-41(54)28-51-25-29(2)53(30(3)26-51)21-13-23-59-38-18-12-15-33(31(38)4)42-36(47(5,6)7)24-40(49-43(42)45(56)57)52-22-20-32-14-11-16-34(35(32)27-52)44(55)50-46-48-37-17-9-10-19-39(37)60-46/h9-12,14-19,24,29-30H,8,13,20-23,25-28H2,1-7H3,(H,56,57)(H,48,50,55)/t29-,30+. The van der Waals surface area contributed by atoms with Crippen LogP contribution in [0.3, 0.4) is 0 Å². The SMILES string of the molecule is CCOC(=O)CN1C[C@@H](C)N(CCCOc2cccc(-c3c(C(C)(C)C)cc(N4CCc5cccc(C(=O)Nc6nc7ccccc7s6)c5C4)nc3C(=O)O)c2C)[C@@H](C)C1. The van der Waals surface area contributed by atoms with E-state index in [0.29, 0.717) is 67.1 Å². The van der Waals surface area contributed by atoms with Crippen molar-refractivity contribution in [2.75, 3.05) is 56.2 Å². The van der Waals surface area contributed by atoms with Gasteiger partial charge in [0, 0.05) is 55.9 Å². The van der Waals surface area contributed by atoms with Crippen LogP contribution in [0.4, 0.5) is 10.9 Å². The van der Waals surface area contributed by atoms with Crippen molar-refractivity contribution in [2.45, 2.75) is 85.4 Å². The number of anilines is 2. The van der Waals surface area contributed by atoms with Crippen molar-refractivity contribution >= 4 is 50.3 Å². The number of aromatic carboxylic acids is 1. The first-order valence-corrected chi connectivity index (χ1v) is 21.7. The third kappa shape index (κ3) is 9.33. The Morgan fingerprint density at radius 2 is 1.73 bits per heavy atom. The number of amides is 1. The third-order valence-corrected chi connectivity index (χ3v) is 12.5. The van der Waals surface area contributed by atoms with Gasteiger partial charge in [-0.15, -0.1) is 0 Å². The van der Waals surface area contributed by atoms with Crippen LogP contribution in [-0.2, 0) is 27.9 Å². The number of fused-ring (bicyclic) bond motifs is 2. The minimum absolute atomic E-state index is 0.0181. The zero-order valence-electron chi connectivity index (χ0n) is 35.7. The lowest BCUT2D eigenvalue weighted by Crippen LogP contribution is -2.57. The normalized spacial score (nSPS) is 17.4. The van der Waals surface area contributed by atoms with E-state index >= 15 is 0 Å². The fraction of sp³-hybridized carbons (Fsp3) is 0.426. The highest BCUT2D eigenvalue weighted by Gasteiger charge is 2.32. The molecule has 4 heterocycles. The highest BCUT2D eigenvalue weighted by atomic mass is 32.1. The maximum atomic E-state index is 13.8. The number of nitrogens with zero attached hydrogens (tertiary/aromatic N) is 5. The molecule has 60 heavy (non-hydrogen) atoms. The maximum Gasteiger partial charge on any atom is 0.355 e. The lowest BCUT2D eigenvalue weighted by Gasteiger charge is -2.44. The second-order valence-electron chi connectivity index (χ2n) is 16.9. The largest absolute Gasteiger partial charge is 0.493 e. The molecular weight excluding hydrogens is 777 g/mol. The molecule has 2 aliphatic heterocycles. The molecule has 0 saturated carbocycles.